The van der Waals surface area contributed by atoms with Crippen LogP contribution in [0.3, 0.4) is 0 Å². The Bertz CT molecular complexity index is 1520. The molecule has 0 unspecified atom stereocenters. The molecule has 6 nitrogen and oxygen atoms in total. The van der Waals surface area contributed by atoms with E-state index >= 15 is 0 Å². The summed E-state index contributed by atoms with van der Waals surface area (Å²) in [6.07, 6.45) is 3.77. The van der Waals surface area contributed by atoms with Crippen LogP contribution in [0.15, 0.2) is 63.7 Å². The number of benzene rings is 2. The molecule has 0 spiro atoms. The summed E-state index contributed by atoms with van der Waals surface area (Å²) in [7, 11) is 0. The fraction of sp³-hybridized carbons (Fsp3) is 0.130. The molecule has 1 atom stereocenters. The van der Waals surface area contributed by atoms with Crippen molar-refractivity contribution in [1.29, 1.82) is 0 Å². The molecule has 0 N–H and O–H groups in total. The van der Waals surface area contributed by atoms with Crippen molar-refractivity contribution < 1.29 is 4.74 Å². The van der Waals surface area contributed by atoms with Crippen LogP contribution in [-0.4, -0.2) is 20.7 Å². The van der Waals surface area contributed by atoms with E-state index < -0.39 is 5.56 Å². The zero-order chi connectivity index (χ0) is 21.5. The van der Waals surface area contributed by atoms with E-state index in [1.54, 1.807) is 12.1 Å². The third kappa shape index (κ3) is 3.66. The maximum Gasteiger partial charge on any atom is 0.296 e. The number of ether oxygens (including phenoxy) is 1. The lowest BCUT2D eigenvalue weighted by atomic mass is 10.0. The standard InChI is InChI=1S/C23H16ClN3O3S/c1-13-16(10-15-7-3-5-9-19(15)30-13)12-20-22(29)27-23(31-20)25-21(28)18(26-27)11-14-6-2-4-8-17(14)24/h2-10,12-13H,11H2,1H3/b20-12-/t13-/m1/s1. The first-order valence-corrected chi connectivity index (χ1v) is 10.8. The van der Waals surface area contributed by atoms with Crippen LogP contribution in [0.4, 0.5) is 0 Å². The van der Waals surface area contributed by atoms with Gasteiger partial charge in [-0.1, -0.05) is 59.3 Å². The number of hydrogen-bond donors (Lipinski definition) is 0. The van der Waals surface area contributed by atoms with E-state index in [0.29, 0.717) is 9.55 Å². The Hall–Kier alpha value is -3.29. The Kier molecular flexibility index (Phi) is 4.92. The maximum atomic E-state index is 13.0. The molecule has 0 radical (unpaired) electrons. The maximum absolute atomic E-state index is 13.0. The van der Waals surface area contributed by atoms with Gasteiger partial charge in [0.1, 0.15) is 17.5 Å². The number of para-hydroxylation sites is 1. The molecule has 0 fully saturated rings. The van der Waals surface area contributed by atoms with Gasteiger partial charge in [0.25, 0.3) is 11.1 Å². The first kappa shape index (κ1) is 19.7. The summed E-state index contributed by atoms with van der Waals surface area (Å²) in [6.45, 7) is 1.93. The van der Waals surface area contributed by atoms with Crippen LogP contribution in [0, 0.1) is 0 Å². The molecule has 0 amide bonds. The number of nitrogens with zero attached hydrogens (tertiary/aromatic N) is 3. The number of aromatic nitrogens is 3. The molecular weight excluding hydrogens is 434 g/mol. The Morgan fingerprint density at radius 2 is 1.94 bits per heavy atom. The molecule has 8 heteroatoms. The summed E-state index contributed by atoms with van der Waals surface area (Å²) in [5.74, 6) is 0.809. The quantitative estimate of drug-likeness (QED) is 0.480. The van der Waals surface area contributed by atoms with Crippen molar-refractivity contribution in [2.24, 2.45) is 0 Å². The Morgan fingerprint density at radius 1 is 1.16 bits per heavy atom. The fourth-order valence-electron chi connectivity index (χ4n) is 3.45. The van der Waals surface area contributed by atoms with Crippen molar-refractivity contribution in [3.63, 3.8) is 0 Å². The average Bonchev–Trinajstić information content (AvgIpc) is 3.05. The summed E-state index contributed by atoms with van der Waals surface area (Å²) in [4.78, 5) is 29.8. The summed E-state index contributed by atoms with van der Waals surface area (Å²) in [5.41, 5.74) is 1.96. The molecule has 0 saturated carbocycles. The van der Waals surface area contributed by atoms with Crippen molar-refractivity contribution in [3.05, 3.63) is 101 Å². The number of rotatable bonds is 3. The predicted molar refractivity (Wildman–Crippen MR) is 122 cm³/mol. The Labute approximate surface area is 185 Å². The minimum atomic E-state index is -0.463. The predicted octanol–water partition coefficient (Wildman–Crippen LogP) is 3.12. The highest BCUT2D eigenvalue weighted by Crippen LogP contribution is 2.29. The van der Waals surface area contributed by atoms with E-state index in [2.05, 4.69) is 10.1 Å². The first-order valence-electron chi connectivity index (χ1n) is 9.65. The first-order chi connectivity index (χ1) is 15.0. The monoisotopic (exact) mass is 449 g/mol. The van der Waals surface area contributed by atoms with E-state index in [4.69, 9.17) is 16.3 Å². The van der Waals surface area contributed by atoms with Gasteiger partial charge in [0, 0.05) is 17.0 Å². The SMILES string of the molecule is C[C@H]1Oc2ccccc2C=C1/C=c1\sc2nc(=O)c(Cc3ccccc3Cl)nn2c1=O. The molecule has 154 valence electrons. The van der Waals surface area contributed by atoms with E-state index in [1.807, 2.05) is 55.5 Å². The topological polar surface area (TPSA) is 73.6 Å². The smallest absolute Gasteiger partial charge is 0.296 e. The zero-order valence-corrected chi connectivity index (χ0v) is 18.0. The summed E-state index contributed by atoms with van der Waals surface area (Å²) in [6, 6.07) is 14.9. The minimum Gasteiger partial charge on any atom is -0.485 e. The average molecular weight is 450 g/mol. The van der Waals surface area contributed by atoms with E-state index in [0.717, 1.165) is 33.8 Å². The van der Waals surface area contributed by atoms with Crippen LogP contribution in [0.25, 0.3) is 17.1 Å². The van der Waals surface area contributed by atoms with Gasteiger partial charge >= 0.3 is 0 Å². The summed E-state index contributed by atoms with van der Waals surface area (Å²) in [5, 5.41) is 4.83. The largest absolute Gasteiger partial charge is 0.485 e. The van der Waals surface area contributed by atoms with E-state index in [9.17, 15) is 9.59 Å². The molecule has 1 aliphatic rings. The zero-order valence-electron chi connectivity index (χ0n) is 16.4. The molecule has 2 aromatic carbocycles. The lowest BCUT2D eigenvalue weighted by molar-refractivity contribution is 0.259. The van der Waals surface area contributed by atoms with Gasteiger partial charge in [-0.25, -0.2) is 0 Å². The van der Waals surface area contributed by atoms with Gasteiger partial charge in [-0.05, 0) is 42.3 Å². The summed E-state index contributed by atoms with van der Waals surface area (Å²) >= 11 is 7.33. The molecular formula is C23H16ClN3O3S. The van der Waals surface area contributed by atoms with Crippen LogP contribution in [0.5, 0.6) is 5.75 Å². The molecule has 0 saturated heterocycles. The van der Waals surface area contributed by atoms with Gasteiger partial charge in [0.2, 0.25) is 4.96 Å². The number of fused-ring (bicyclic) bond motifs is 2. The van der Waals surface area contributed by atoms with Gasteiger partial charge in [0.15, 0.2) is 0 Å². The van der Waals surface area contributed by atoms with Gasteiger partial charge in [-0.3, -0.25) is 9.59 Å². The normalized spacial score (nSPS) is 16.1. The number of halogens is 1. The second-order valence-electron chi connectivity index (χ2n) is 7.18. The minimum absolute atomic E-state index is 0.176. The van der Waals surface area contributed by atoms with Crippen LogP contribution in [-0.2, 0) is 6.42 Å². The lowest BCUT2D eigenvalue weighted by Crippen LogP contribution is -2.29. The van der Waals surface area contributed by atoms with Crippen molar-refractivity contribution >= 4 is 40.1 Å². The molecule has 5 rings (SSSR count). The molecule has 4 aromatic rings. The highest BCUT2D eigenvalue weighted by atomic mass is 35.5. The molecule has 3 heterocycles. The molecule has 0 bridgehead atoms. The highest BCUT2D eigenvalue weighted by Gasteiger charge is 2.18. The second kappa shape index (κ2) is 7.76. The molecule has 0 aliphatic carbocycles. The number of thiazole rings is 1. The second-order valence-corrected chi connectivity index (χ2v) is 8.60. The van der Waals surface area contributed by atoms with E-state index in [1.165, 1.54) is 4.52 Å². The lowest BCUT2D eigenvalue weighted by Gasteiger charge is -2.22. The number of hydrogen-bond acceptors (Lipinski definition) is 6. The molecule has 31 heavy (non-hydrogen) atoms. The van der Waals surface area contributed by atoms with Crippen LogP contribution in [0.1, 0.15) is 23.7 Å². The third-order valence-electron chi connectivity index (χ3n) is 5.08. The van der Waals surface area contributed by atoms with Gasteiger partial charge in [0.05, 0.1) is 4.53 Å². The molecule has 2 aromatic heterocycles. The van der Waals surface area contributed by atoms with Crippen molar-refractivity contribution in [2.45, 2.75) is 19.4 Å². The third-order valence-corrected chi connectivity index (χ3v) is 6.41. The van der Waals surface area contributed by atoms with Crippen LogP contribution >= 0.6 is 22.9 Å². The van der Waals surface area contributed by atoms with Gasteiger partial charge < -0.3 is 4.74 Å². The van der Waals surface area contributed by atoms with Crippen molar-refractivity contribution in [2.75, 3.05) is 0 Å². The Morgan fingerprint density at radius 3 is 2.77 bits per heavy atom. The molecule has 1 aliphatic heterocycles. The highest BCUT2D eigenvalue weighted by molar-refractivity contribution is 7.15. The van der Waals surface area contributed by atoms with Gasteiger partial charge in [-0.2, -0.15) is 14.6 Å². The van der Waals surface area contributed by atoms with Crippen LogP contribution in [0.2, 0.25) is 5.02 Å². The summed E-state index contributed by atoms with van der Waals surface area (Å²) < 4.78 is 7.58. The van der Waals surface area contributed by atoms with E-state index in [-0.39, 0.29) is 28.7 Å². The van der Waals surface area contributed by atoms with Crippen molar-refractivity contribution in [3.8, 4) is 5.75 Å². The van der Waals surface area contributed by atoms with Crippen molar-refractivity contribution in [1.82, 2.24) is 14.6 Å². The fourth-order valence-corrected chi connectivity index (χ4v) is 4.55. The van der Waals surface area contributed by atoms with Gasteiger partial charge in [-0.15, -0.1) is 0 Å². The Balaban J connectivity index is 1.60. The van der Waals surface area contributed by atoms with Crippen LogP contribution < -0.4 is 20.4 Å².